The van der Waals surface area contributed by atoms with Crippen LogP contribution in [-0.4, -0.2) is 11.5 Å². The molecule has 0 atom stereocenters. The monoisotopic (exact) mass is 292 g/mol. The van der Waals surface area contributed by atoms with E-state index in [0.717, 1.165) is 19.0 Å². The van der Waals surface area contributed by atoms with Crippen molar-refractivity contribution < 1.29 is 0 Å². The Labute approximate surface area is 122 Å². The number of nitrogens with zero attached hydrogens (tertiary/aromatic N) is 1. The molecule has 2 aromatic heterocycles. The fourth-order valence-corrected chi connectivity index (χ4v) is 4.06. The first-order valence-corrected chi connectivity index (χ1v) is 8.68. The number of aromatic nitrogens is 1. The van der Waals surface area contributed by atoms with Crippen LogP contribution in [0.1, 0.15) is 43.2 Å². The molecule has 1 aliphatic rings. The van der Waals surface area contributed by atoms with Crippen molar-refractivity contribution in [2.45, 2.75) is 39.2 Å². The molecule has 1 N–H and O–H groups in total. The molecule has 0 amide bonds. The van der Waals surface area contributed by atoms with E-state index in [1.54, 1.807) is 11.3 Å². The van der Waals surface area contributed by atoms with Gasteiger partial charge in [-0.2, -0.15) is 0 Å². The maximum Gasteiger partial charge on any atom is 0.133 e. The summed E-state index contributed by atoms with van der Waals surface area (Å²) >= 11 is 3.66. The Hall–Kier alpha value is -0.710. The topological polar surface area (TPSA) is 24.9 Å². The molecular weight excluding hydrogens is 272 g/mol. The van der Waals surface area contributed by atoms with E-state index in [1.807, 2.05) is 11.3 Å². The van der Waals surface area contributed by atoms with Crippen LogP contribution in [0.5, 0.6) is 0 Å². The summed E-state index contributed by atoms with van der Waals surface area (Å²) in [6.45, 7) is 6.56. The van der Waals surface area contributed by atoms with Gasteiger partial charge in [0.25, 0.3) is 0 Å². The molecule has 1 fully saturated rings. The van der Waals surface area contributed by atoms with Gasteiger partial charge in [-0.3, -0.25) is 0 Å². The van der Waals surface area contributed by atoms with Crippen molar-refractivity contribution in [3.05, 3.63) is 28.1 Å². The van der Waals surface area contributed by atoms with Gasteiger partial charge in [0.15, 0.2) is 0 Å². The minimum Gasteiger partial charge on any atom is -0.312 e. The third kappa shape index (κ3) is 3.25. The van der Waals surface area contributed by atoms with Gasteiger partial charge < -0.3 is 5.32 Å². The lowest BCUT2D eigenvalue weighted by molar-refractivity contribution is 0.553. The summed E-state index contributed by atoms with van der Waals surface area (Å²) in [5.41, 5.74) is 1.37. The highest BCUT2D eigenvalue weighted by Crippen LogP contribution is 2.44. The van der Waals surface area contributed by atoms with Gasteiger partial charge in [-0.15, -0.1) is 22.7 Å². The molecule has 1 saturated carbocycles. The van der Waals surface area contributed by atoms with E-state index < -0.39 is 0 Å². The van der Waals surface area contributed by atoms with Crippen molar-refractivity contribution in [3.63, 3.8) is 0 Å². The molecule has 19 heavy (non-hydrogen) atoms. The number of thiophene rings is 1. The number of hydrogen-bond donors (Lipinski definition) is 1. The maximum atomic E-state index is 4.90. The van der Waals surface area contributed by atoms with Crippen LogP contribution >= 0.6 is 22.7 Å². The van der Waals surface area contributed by atoms with Crippen LogP contribution in [0.2, 0.25) is 0 Å². The highest BCUT2D eigenvalue weighted by molar-refractivity contribution is 7.21. The molecule has 102 valence electrons. The average molecular weight is 292 g/mol. The number of rotatable bonds is 6. The predicted octanol–water partition coefficient (Wildman–Crippen LogP) is 4.49. The summed E-state index contributed by atoms with van der Waals surface area (Å²) in [5, 5.41) is 6.89. The van der Waals surface area contributed by atoms with Crippen LogP contribution in [0.3, 0.4) is 0 Å². The summed E-state index contributed by atoms with van der Waals surface area (Å²) in [6, 6.07) is 4.28. The molecule has 1 aliphatic carbocycles. The first kappa shape index (κ1) is 13.3. The maximum absolute atomic E-state index is 4.90. The predicted molar refractivity (Wildman–Crippen MR) is 83.9 cm³/mol. The molecule has 2 heterocycles. The summed E-state index contributed by atoms with van der Waals surface area (Å²) < 4.78 is 0. The summed E-state index contributed by atoms with van der Waals surface area (Å²) in [7, 11) is 0. The lowest BCUT2D eigenvalue weighted by atomic mass is 10.2. The first-order chi connectivity index (χ1) is 9.24. The Morgan fingerprint density at radius 3 is 2.89 bits per heavy atom. The quantitative estimate of drug-likeness (QED) is 0.848. The van der Waals surface area contributed by atoms with Gasteiger partial charge in [0.05, 0.1) is 10.6 Å². The van der Waals surface area contributed by atoms with Crippen LogP contribution in [0.15, 0.2) is 17.5 Å². The Bertz CT molecular complexity index is 524. The average Bonchev–Trinajstić information content (AvgIpc) is 2.91. The molecule has 3 rings (SSSR count). The van der Waals surface area contributed by atoms with Crippen molar-refractivity contribution in [2.75, 3.05) is 6.54 Å². The van der Waals surface area contributed by atoms with Crippen LogP contribution < -0.4 is 5.32 Å². The highest BCUT2D eigenvalue weighted by atomic mass is 32.1. The second-order valence-electron chi connectivity index (χ2n) is 5.60. The van der Waals surface area contributed by atoms with E-state index in [2.05, 4.69) is 36.7 Å². The fourth-order valence-electron chi connectivity index (χ4n) is 2.15. The minimum atomic E-state index is 0.703. The molecule has 0 unspecified atom stereocenters. The lowest BCUT2D eigenvalue weighted by Gasteiger charge is -2.06. The molecule has 0 bridgehead atoms. The number of nitrogens with one attached hydrogen (secondary N) is 1. The van der Waals surface area contributed by atoms with Gasteiger partial charge in [0.1, 0.15) is 5.01 Å². The summed E-state index contributed by atoms with van der Waals surface area (Å²) in [5.74, 6) is 1.44. The van der Waals surface area contributed by atoms with Crippen LogP contribution in [-0.2, 0) is 6.54 Å². The second-order valence-corrected chi connectivity index (χ2v) is 7.64. The van der Waals surface area contributed by atoms with E-state index in [1.165, 1.54) is 33.3 Å². The third-order valence-corrected chi connectivity index (χ3v) is 5.37. The molecule has 0 spiro atoms. The number of thiazole rings is 1. The van der Waals surface area contributed by atoms with Gasteiger partial charge in [-0.25, -0.2) is 4.98 Å². The number of hydrogen-bond acceptors (Lipinski definition) is 4. The van der Waals surface area contributed by atoms with Crippen molar-refractivity contribution in [3.8, 4) is 9.88 Å². The zero-order valence-corrected chi connectivity index (χ0v) is 13.1. The molecular formula is C15H20N2S2. The van der Waals surface area contributed by atoms with E-state index in [4.69, 9.17) is 4.98 Å². The smallest absolute Gasteiger partial charge is 0.133 e. The standard InChI is InChI=1S/C15H20N2S2/c1-10(2)8-16-9-13-14(11-5-6-11)17-15(19-13)12-4-3-7-18-12/h3-4,7,10-11,16H,5-6,8-9H2,1-2H3. The van der Waals surface area contributed by atoms with Gasteiger partial charge in [-0.1, -0.05) is 19.9 Å². The van der Waals surface area contributed by atoms with Crippen molar-refractivity contribution in [1.29, 1.82) is 0 Å². The summed E-state index contributed by atoms with van der Waals surface area (Å²) in [4.78, 5) is 7.66. The molecule has 0 radical (unpaired) electrons. The Morgan fingerprint density at radius 2 is 2.26 bits per heavy atom. The largest absolute Gasteiger partial charge is 0.312 e. The highest BCUT2D eigenvalue weighted by Gasteiger charge is 2.29. The van der Waals surface area contributed by atoms with E-state index in [0.29, 0.717) is 5.92 Å². The van der Waals surface area contributed by atoms with Gasteiger partial charge in [0.2, 0.25) is 0 Å². The normalized spacial score (nSPS) is 15.3. The molecule has 0 aromatic carbocycles. The van der Waals surface area contributed by atoms with Crippen LogP contribution in [0, 0.1) is 5.92 Å². The SMILES string of the molecule is CC(C)CNCc1sc(-c2cccs2)nc1C1CC1. The zero-order chi connectivity index (χ0) is 13.2. The van der Waals surface area contributed by atoms with Crippen LogP contribution in [0.4, 0.5) is 0 Å². The fraction of sp³-hybridized carbons (Fsp3) is 0.533. The van der Waals surface area contributed by atoms with E-state index in [9.17, 15) is 0 Å². The Morgan fingerprint density at radius 1 is 1.42 bits per heavy atom. The summed E-state index contributed by atoms with van der Waals surface area (Å²) in [6.07, 6.45) is 2.65. The van der Waals surface area contributed by atoms with Crippen molar-refractivity contribution in [1.82, 2.24) is 10.3 Å². The molecule has 2 aromatic rings. The molecule has 2 nitrogen and oxygen atoms in total. The van der Waals surface area contributed by atoms with E-state index in [-0.39, 0.29) is 0 Å². The Kier molecular flexibility index (Phi) is 4.01. The minimum absolute atomic E-state index is 0.703. The zero-order valence-electron chi connectivity index (χ0n) is 11.5. The third-order valence-electron chi connectivity index (χ3n) is 3.26. The van der Waals surface area contributed by atoms with Crippen LogP contribution in [0.25, 0.3) is 9.88 Å². The van der Waals surface area contributed by atoms with Gasteiger partial charge >= 0.3 is 0 Å². The first-order valence-electron chi connectivity index (χ1n) is 6.98. The van der Waals surface area contributed by atoms with Gasteiger partial charge in [0, 0.05) is 17.3 Å². The van der Waals surface area contributed by atoms with Crippen molar-refractivity contribution in [2.24, 2.45) is 5.92 Å². The Balaban J connectivity index is 1.77. The molecule has 4 heteroatoms. The van der Waals surface area contributed by atoms with Gasteiger partial charge in [-0.05, 0) is 36.8 Å². The molecule has 0 aliphatic heterocycles. The van der Waals surface area contributed by atoms with E-state index >= 15 is 0 Å². The lowest BCUT2D eigenvalue weighted by Crippen LogP contribution is -2.18. The molecule has 0 saturated heterocycles. The second kappa shape index (κ2) is 5.73. The van der Waals surface area contributed by atoms with Crippen molar-refractivity contribution >= 4 is 22.7 Å².